The molecule has 1 aromatic carbocycles. The molecule has 0 bridgehead atoms. The summed E-state index contributed by atoms with van der Waals surface area (Å²) in [5.74, 6) is 0.0542. The Morgan fingerprint density at radius 3 is 2.74 bits per heavy atom. The number of ether oxygens (including phenoxy) is 1. The molecule has 1 aliphatic rings. The molecule has 1 atom stereocenters. The summed E-state index contributed by atoms with van der Waals surface area (Å²) in [7, 11) is 0. The van der Waals surface area contributed by atoms with Crippen molar-refractivity contribution in [3.05, 3.63) is 65.0 Å². The summed E-state index contributed by atoms with van der Waals surface area (Å²) in [5.41, 5.74) is 0.699. The van der Waals surface area contributed by atoms with Gasteiger partial charge in [0.05, 0.1) is 24.4 Å². The van der Waals surface area contributed by atoms with Gasteiger partial charge >= 0.3 is 6.18 Å². The van der Waals surface area contributed by atoms with Crippen LogP contribution in [0.2, 0.25) is 0 Å². The third kappa shape index (κ3) is 4.66. The van der Waals surface area contributed by atoms with Crippen molar-refractivity contribution >= 4 is 5.91 Å². The van der Waals surface area contributed by atoms with Gasteiger partial charge in [-0.2, -0.15) is 13.2 Å². The second-order valence-corrected chi connectivity index (χ2v) is 6.44. The highest BCUT2D eigenvalue weighted by Crippen LogP contribution is 2.32. The molecule has 144 valence electrons. The molecule has 0 N–H and O–H groups in total. The van der Waals surface area contributed by atoms with Gasteiger partial charge in [0.25, 0.3) is 0 Å². The molecule has 1 aliphatic heterocycles. The molecule has 3 rings (SSSR count). The van der Waals surface area contributed by atoms with Gasteiger partial charge < -0.3 is 9.64 Å². The predicted molar refractivity (Wildman–Crippen MR) is 94.1 cm³/mol. The summed E-state index contributed by atoms with van der Waals surface area (Å²) in [6.45, 7) is 3.17. The monoisotopic (exact) mass is 378 g/mol. The minimum atomic E-state index is -4.40. The van der Waals surface area contributed by atoms with E-state index in [9.17, 15) is 18.0 Å². The van der Waals surface area contributed by atoms with Crippen LogP contribution in [-0.2, 0) is 22.1 Å². The number of aromatic nitrogens is 1. The first-order valence-corrected chi connectivity index (χ1v) is 8.88. The molecule has 7 heteroatoms. The fourth-order valence-electron chi connectivity index (χ4n) is 3.20. The molecule has 1 saturated heterocycles. The number of halogens is 3. The lowest BCUT2D eigenvalue weighted by Gasteiger charge is -2.32. The van der Waals surface area contributed by atoms with E-state index >= 15 is 0 Å². The number of pyridine rings is 1. The maximum absolute atomic E-state index is 13.2. The van der Waals surface area contributed by atoms with Gasteiger partial charge in [-0.25, -0.2) is 0 Å². The predicted octanol–water partition coefficient (Wildman–Crippen LogP) is 4.00. The van der Waals surface area contributed by atoms with E-state index in [0.29, 0.717) is 37.5 Å². The normalized spacial score (nSPS) is 17.8. The number of nitrogens with zero attached hydrogens (tertiary/aromatic N) is 2. The summed E-state index contributed by atoms with van der Waals surface area (Å²) in [4.78, 5) is 18.2. The van der Waals surface area contributed by atoms with Crippen LogP contribution in [0.25, 0.3) is 0 Å². The number of morpholine rings is 1. The third-order valence-electron chi connectivity index (χ3n) is 4.57. The lowest BCUT2D eigenvalue weighted by atomic mass is 10.0. The van der Waals surface area contributed by atoms with E-state index < -0.39 is 11.7 Å². The fourth-order valence-corrected chi connectivity index (χ4v) is 3.20. The van der Waals surface area contributed by atoms with E-state index in [1.165, 1.54) is 12.1 Å². The van der Waals surface area contributed by atoms with Gasteiger partial charge in [0, 0.05) is 25.1 Å². The summed E-state index contributed by atoms with van der Waals surface area (Å²) in [6.07, 6.45) is -4.27. The van der Waals surface area contributed by atoms with Gasteiger partial charge in [-0.3, -0.25) is 9.78 Å². The maximum atomic E-state index is 13.2. The highest BCUT2D eigenvalue weighted by molar-refractivity contribution is 5.75. The van der Waals surface area contributed by atoms with Crippen molar-refractivity contribution < 1.29 is 22.7 Å². The number of amides is 1. The Morgan fingerprint density at radius 2 is 2.00 bits per heavy atom. The van der Waals surface area contributed by atoms with Crippen molar-refractivity contribution in [2.45, 2.75) is 32.0 Å². The zero-order valence-electron chi connectivity index (χ0n) is 15.0. The van der Waals surface area contributed by atoms with Crippen LogP contribution in [-0.4, -0.2) is 35.5 Å². The Morgan fingerprint density at radius 1 is 1.22 bits per heavy atom. The van der Waals surface area contributed by atoms with Crippen molar-refractivity contribution in [2.24, 2.45) is 0 Å². The molecule has 4 nitrogen and oxygen atoms in total. The van der Waals surface area contributed by atoms with E-state index in [1.807, 2.05) is 6.92 Å². The number of benzene rings is 1. The molecular weight excluding hydrogens is 357 g/mol. The molecule has 1 amide bonds. The van der Waals surface area contributed by atoms with Crippen LogP contribution in [0.4, 0.5) is 13.2 Å². The largest absolute Gasteiger partial charge is 0.416 e. The lowest BCUT2D eigenvalue weighted by molar-refractivity contribution is -0.139. The molecule has 27 heavy (non-hydrogen) atoms. The van der Waals surface area contributed by atoms with Gasteiger partial charge in [-0.1, -0.05) is 31.2 Å². The van der Waals surface area contributed by atoms with Crippen molar-refractivity contribution in [3.63, 3.8) is 0 Å². The second kappa shape index (κ2) is 8.08. The van der Waals surface area contributed by atoms with Gasteiger partial charge in [0.1, 0.15) is 6.10 Å². The minimum absolute atomic E-state index is 0.0542. The number of carbonyl (C=O) groups excluding carboxylic acids is 1. The standard InChI is InChI=1S/C20H21F3N2O2/c1-2-19(26)25-10-11-27-18(13-25)17-9-5-7-15(24-17)12-14-6-3-4-8-16(14)20(21,22)23/h3-9,18H,2,10-13H2,1H3/t18-/m0/s1. The number of rotatable bonds is 4. The molecule has 0 unspecified atom stereocenters. The number of alkyl halides is 3. The van der Waals surface area contributed by atoms with Crippen LogP contribution < -0.4 is 0 Å². The maximum Gasteiger partial charge on any atom is 0.416 e. The molecule has 1 aromatic heterocycles. The Hall–Kier alpha value is -2.41. The van der Waals surface area contributed by atoms with Crippen molar-refractivity contribution in [1.82, 2.24) is 9.88 Å². The third-order valence-corrected chi connectivity index (χ3v) is 4.57. The van der Waals surface area contributed by atoms with Gasteiger partial charge in [0.2, 0.25) is 5.91 Å². The molecule has 0 radical (unpaired) electrons. The Kier molecular flexibility index (Phi) is 5.79. The quantitative estimate of drug-likeness (QED) is 0.808. The summed E-state index contributed by atoms with van der Waals surface area (Å²) >= 11 is 0. The lowest BCUT2D eigenvalue weighted by Crippen LogP contribution is -2.42. The highest BCUT2D eigenvalue weighted by Gasteiger charge is 2.33. The molecule has 2 aromatic rings. The van der Waals surface area contributed by atoms with Crippen molar-refractivity contribution in [2.75, 3.05) is 19.7 Å². The Labute approximate surface area is 156 Å². The molecule has 0 spiro atoms. The van der Waals surface area contributed by atoms with Crippen LogP contribution in [0.3, 0.4) is 0 Å². The Balaban J connectivity index is 1.80. The minimum Gasteiger partial charge on any atom is -0.368 e. The smallest absolute Gasteiger partial charge is 0.368 e. The summed E-state index contributed by atoms with van der Waals surface area (Å²) in [6, 6.07) is 10.8. The van der Waals surface area contributed by atoms with Crippen LogP contribution in [0.1, 0.15) is 42.0 Å². The van der Waals surface area contributed by atoms with Crippen molar-refractivity contribution in [3.8, 4) is 0 Å². The Bertz CT molecular complexity index is 808. The zero-order chi connectivity index (χ0) is 19.4. The van der Waals surface area contributed by atoms with Gasteiger partial charge in [-0.05, 0) is 23.8 Å². The second-order valence-electron chi connectivity index (χ2n) is 6.44. The van der Waals surface area contributed by atoms with E-state index in [-0.39, 0.29) is 24.0 Å². The average molecular weight is 378 g/mol. The first kappa shape index (κ1) is 19.4. The topological polar surface area (TPSA) is 42.4 Å². The number of hydrogen-bond donors (Lipinski definition) is 0. The van der Waals surface area contributed by atoms with E-state index in [2.05, 4.69) is 4.98 Å². The molecule has 0 aliphatic carbocycles. The molecule has 1 fully saturated rings. The van der Waals surface area contributed by atoms with Crippen molar-refractivity contribution in [1.29, 1.82) is 0 Å². The first-order chi connectivity index (χ1) is 12.9. The summed E-state index contributed by atoms with van der Waals surface area (Å²) in [5, 5.41) is 0. The first-order valence-electron chi connectivity index (χ1n) is 8.88. The SMILES string of the molecule is CCC(=O)N1CCO[C@H](c2cccc(Cc3ccccc3C(F)(F)F)n2)C1. The number of hydrogen-bond acceptors (Lipinski definition) is 3. The molecular formula is C20H21F3N2O2. The fraction of sp³-hybridized carbons (Fsp3) is 0.400. The van der Waals surface area contributed by atoms with Crippen LogP contribution in [0.15, 0.2) is 42.5 Å². The van der Waals surface area contributed by atoms with Crippen LogP contribution in [0, 0.1) is 0 Å². The molecule has 0 saturated carbocycles. The van der Waals surface area contributed by atoms with Gasteiger partial charge in [0.15, 0.2) is 0 Å². The van der Waals surface area contributed by atoms with Crippen LogP contribution >= 0.6 is 0 Å². The highest BCUT2D eigenvalue weighted by atomic mass is 19.4. The zero-order valence-corrected chi connectivity index (χ0v) is 15.0. The average Bonchev–Trinajstić information content (AvgIpc) is 2.67. The molecule has 2 heterocycles. The van der Waals surface area contributed by atoms with E-state index in [0.717, 1.165) is 6.07 Å². The van der Waals surface area contributed by atoms with E-state index in [1.54, 1.807) is 29.2 Å². The van der Waals surface area contributed by atoms with E-state index in [4.69, 9.17) is 4.74 Å². The summed E-state index contributed by atoms with van der Waals surface area (Å²) < 4.78 is 45.3. The van der Waals surface area contributed by atoms with Gasteiger partial charge in [-0.15, -0.1) is 0 Å². The van der Waals surface area contributed by atoms with Crippen LogP contribution in [0.5, 0.6) is 0 Å². The number of carbonyl (C=O) groups is 1.